The molecule has 1 saturated heterocycles. The van der Waals surface area contributed by atoms with Gasteiger partial charge in [0.25, 0.3) is 0 Å². The van der Waals surface area contributed by atoms with Crippen molar-refractivity contribution in [2.75, 3.05) is 18.4 Å². The Balaban J connectivity index is 1.93. The number of carbonyl (C=O) groups is 2. The summed E-state index contributed by atoms with van der Waals surface area (Å²) < 4.78 is 5.47. The number of aryl methyl sites for hydroxylation is 2. The SMILES string of the molecule is Cc1ccc(NC(=O)[C@@H](C)N2CC[C@H](C(=O)OC(C)(C)C)C2)c(C)c1. The van der Waals surface area contributed by atoms with Crippen LogP contribution in [-0.4, -0.2) is 41.5 Å². The Labute approximate surface area is 150 Å². The monoisotopic (exact) mass is 346 g/mol. The number of nitrogens with zero attached hydrogens (tertiary/aromatic N) is 1. The van der Waals surface area contributed by atoms with Crippen molar-refractivity contribution >= 4 is 17.6 Å². The standard InChI is InChI=1S/C20H30N2O3/c1-13-7-8-17(14(2)11-13)21-18(23)15(3)22-10-9-16(12-22)19(24)25-20(4,5)6/h7-8,11,15-16H,9-10,12H2,1-6H3,(H,21,23)/t15-,16+/m1/s1. The molecule has 1 heterocycles. The largest absolute Gasteiger partial charge is 0.460 e. The van der Waals surface area contributed by atoms with Crippen LogP contribution in [0.2, 0.25) is 0 Å². The molecule has 0 bridgehead atoms. The molecule has 138 valence electrons. The minimum atomic E-state index is -0.476. The maximum atomic E-state index is 12.6. The lowest BCUT2D eigenvalue weighted by Gasteiger charge is -2.25. The fourth-order valence-electron chi connectivity index (χ4n) is 3.07. The van der Waals surface area contributed by atoms with E-state index in [4.69, 9.17) is 4.74 Å². The van der Waals surface area contributed by atoms with Crippen LogP contribution in [-0.2, 0) is 14.3 Å². The molecule has 0 unspecified atom stereocenters. The summed E-state index contributed by atoms with van der Waals surface area (Å²) in [6.07, 6.45) is 0.732. The molecule has 2 rings (SSSR count). The minimum absolute atomic E-state index is 0.0446. The van der Waals surface area contributed by atoms with E-state index in [1.807, 2.05) is 58.6 Å². The van der Waals surface area contributed by atoms with Crippen LogP contribution in [0.5, 0.6) is 0 Å². The minimum Gasteiger partial charge on any atom is -0.460 e. The molecule has 5 heteroatoms. The lowest BCUT2D eigenvalue weighted by atomic mass is 10.1. The van der Waals surface area contributed by atoms with E-state index in [1.54, 1.807) is 0 Å². The number of ether oxygens (including phenoxy) is 1. The number of hydrogen-bond donors (Lipinski definition) is 1. The number of anilines is 1. The number of benzene rings is 1. The van der Waals surface area contributed by atoms with E-state index in [-0.39, 0.29) is 23.8 Å². The molecule has 25 heavy (non-hydrogen) atoms. The zero-order chi connectivity index (χ0) is 18.8. The third kappa shape index (κ3) is 5.30. The van der Waals surface area contributed by atoms with E-state index in [2.05, 4.69) is 11.4 Å². The molecule has 1 aliphatic rings. The molecule has 1 amide bonds. The van der Waals surface area contributed by atoms with E-state index < -0.39 is 5.60 Å². The first-order chi connectivity index (χ1) is 11.6. The predicted molar refractivity (Wildman–Crippen MR) is 99.5 cm³/mol. The highest BCUT2D eigenvalue weighted by molar-refractivity contribution is 5.95. The lowest BCUT2D eigenvalue weighted by Crippen LogP contribution is -2.41. The summed E-state index contributed by atoms with van der Waals surface area (Å²) in [5, 5.41) is 3.00. The van der Waals surface area contributed by atoms with Crippen LogP contribution >= 0.6 is 0 Å². The second-order valence-corrected chi connectivity index (χ2v) is 8.00. The molecule has 0 radical (unpaired) electrons. The van der Waals surface area contributed by atoms with E-state index >= 15 is 0 Å². The van der Waals surface area contributed by atoms with Gasteiger partial charge in [0.2, 0.25) is 5.91 Å². The number of carbonyl (C=O) groups excluding carboxylic acids is 2. The first kappa shape index (κ1) is 19.4. The summed E-state index contributed by atoms with van der Waals surface area (Å²) >= 11 is 0. The van der Waals surface area contributed by atoms with Crippen molar-refractivity contribution in [2.45, 2.75) is 59.6 Å². The summed E-state index contributed by atoms with van der Waals surface area (Å²) in [6, 6.07) is 5.69. The highest BCUT2D eigenvalue weighted by Crippen LogP contribution is 2.23. The summed E-state index contributed by atoms with van der Waals surface area (Å²) in [4.78, 5) is 26.8. The van der Waals surface area contributed by atoms with Crippen LogP contribution in [0.25, 0.3) is 0 Å². The molecule has 1 fully saturated rings. The Morgan fingerprint density at radius 1 is 1.28 bits per heavy atom. The number of rotatable bonds is 4. The summed E-state index contributed by atoms with van der Waals surface area (Å²) in [7, 11) is 0. The number of esters is 1. The topological polar surface area (TPSA) is 58.6 Å². The Morgan fingerprint density at radius 3 is 2.56 bits per heavy atom. The quantitative estimate of drug-likeness (QED) is 0.850. The number of nitrogens with one attached hydrogen (secondary N) is 1. The van der Waals surface area contributed by atoms with E-state index in [0.717, 1.165) is 24.2 Å². The molecule has 5 nitrogen and oxygen atoms in total. The average Bonchev–Trinajstić information content (AvgIpc) is 2.97. The van der Waals surface area contributed by atoms with Crippen molar-refractivity contribution < 1.29 is 14.3 Å². The van der Waals surface area contributed by atoms with Crippen LogP contribution in [0.3, 0.4) is 0 Å². The Kier molecular flexibility index (Phi) is 5.88. The van der Waals surface area contributed by atoms with Gasteiger partial charge in [0.15, 0.2) is 0 Å². The van der Waals surface area contributed by atoms with Crippen molar-refractivity contribution in [3.05, 3.63) is 29.3 Å². The van der Waals surface area contributed by atoms with Gasteiger partial charge in [-0.3, -0.25) is 14.5 Å². The molecule has 1 N–H and O–H groups in total. The molecule has 1 aliphatic heterocycles. The van der Waals surface area contributed by atoms with Crippen molar-refractivity contribution in [2.24, 2.45) is 5.92 Å². The maximum absolute atomic E-state index is 12.6. The van der Waals surface area contributed by atoms with Crippen LogP contribution in [0, 0.1) is 19.8 Å². The van der Waals surface area contributed by atoms with Gasteiger partial charge in [-0.2, -0.15) is 0 Å². The summed E-state index contributed by atoms with van der Waals surface area (Å²) in [6.45, 7) is 12.8. The van der Waals surface area contributed by atoms with E-state index in [9.17, 15) is 9.59 Å². The lowest BCUT2D eigenvalue weighted by molar-refractivity contribution is -0.159. The first-order valence-corrected chi connectivity index (χ1v) is 8.92. The van der Waals surface area contributed by atoms with Crippen LogP contribution in [0.4, 0.5) is 5.69 Å². The molecule has 0 aromatic heterocycles. The van der Waals surface area contributed by atoms with Gasteiger partial charge >= 0.3 is 5.97 Å². The van der Waals surface area contributed by atoms with E-state index in [0.29, 0.717) is 6.54 Å². The van der Waals surface area contributed by atoms with Crippen molar-refractivity contribution in [3.8, 4) is 0 Å². The normalized spacial score (nSPS) is 19.5. The highest BCUT2D eigenvalue weighted by atomic mass is 16.6. The van der Waals surface area contributed by atoms with Gasteiger partial charge in [0.1, 0.15) is 5.60 Å². The fraction of sp³-hybridized carbons (Fsp3) is 0.600. The molecule has 1 aromatic rings. The van der Waals surface area contributed by atoms with Gasteiger partial charge in [-0.25, -0.2) is 0 Å². The third-order valence-corrected chi connectivity index (χ3v) is 4.53. The Bertz CT molecular complexity index is 649. The van der Waals surface area contributed by atoms with Crippen molar-refractivity contribution in [1.82, 2.24) is 4.90 Å². The molecule has 1 aromatic carbocycles. The second-order valence-electron chi connectivity index (χ2n) is 8.00. The van der Waals surface area contributed by atoms with Crippen LogP contribution in [0.1, 0.15) is 45.2 Å². The summed E-state index contributed by atoms with van der Waals surface area (Å²) in [5.74, 6) is -0.371. The zero-order valence-electron chi connectivity index (χ0n) is 16.2. The van der Waals surface area contributed by atoms with Gasteiger partial charge in [-0.15, -0.1) is 0 Å². The summed E-state index contributed by atoms with van der Waals surface area (Å²) in [5.41, 5.74) is 2.58. The number of hydrogen-bond acceptors (Lipinski definition) is 4. The number of likely N-dealkylation sites (tertiary alicyclic amines) is 1. The molecule has 0 aliphatic carbocycles. The van der Waals surface area contributed by atoms with Gasteiger partial charge in [0, 0.05) is 12.2 Å². The zero-order valence-corrected chi connectivity index (χ0v) is 16.2. The number of amides is 1. The van der Waals surface area contributed by atoms with Crippen molar-refractivity contribution in [1.29, 1.82) is 0 Å². The molecule has 0 saturated carbocycles. The van der Waals surface area contributed by atoms with Crippen LogP contribution < -0.4 is 5.32 Å². The molecule has 2 atom stereocenters. The maximum Gasteiger partial charge on any atom is 0.310 e. The van der Waals surface area contributed by atoms with Crippen molar-refractivity contribution in [3.63, 3.8) is 0 Å². The predicted octanol–water partition coefficient (Wildman–Crippen LogP) is 3.29. The Hall–Kier alpha value is -1.88. The fourth-order valence-corrected chi connectivity index (χ4v) is 3.07. The van der Waals surface area contributed by atoms with Gasteiger partial charge < -0.3 is 10.1 Å². The van der Waals surface area contributed by atoms with Gasteiger partial charge in [0.05, 0.1) is 12.0 Å². The average molecular weight is 346 g/mol. The first-order valence-electron chi connectivity index (χ1n) is 8.92. The second kappa shape index (κ2) is 7.56. The molecular weight excluding hydrogens is 316 g/mol. The van der Waals surface area contributed by atoms with E-state index in [1.165, 1.54) is 5.56 Å². The smallest absolute Gasteiger partial charge is 0.310 e. The Morgan fingerprint density at radius 2 is 1.96 bits per heavy atom. The molecular formula is C20H30N2O3. The highest BCUT2D eigenvalue weighted by Gasteiger charge is 2.35. The van der Waals surface area contributed by atoms with Gasteiger partial charge in [-0.05, 0) is 66.1 Å². The third-order valence-electron chi connectivity index (χ3n) is 4.53. The van der Waals surface area contributed by atoms with Crippen LogP contribution in [0.15, 0.2) is 18.2 Å². The molecule has 0 spiro atoms. The van der Waals surface area contributed by atoms with Gasteiger partial charge in [-0.1, -0.05) is 17.7 Å².